The minimum absolute atomic E-state index is 0.0738. The lowest BCUT2D eigenvalue weighted by molar-refractivity contribution is 0.0342. The van der Waals surface area contributed by atoms with Crippen LogP contribution >= 0.6 is 0 Å². The van der Waals surface area contributed by atoms with Crippen LogP contribution in [0.3, 0.4) is 0 Å². The average molecular weight is 331 g/mol. The lowest BCUT2D eigenvalue weighted by Gasteiger charge is -2.29. The van der Waals surface area contributed by atoms with Crippen molar-refractivity contribution in [1.82, 2.24) is 25.0 Å². The van der Waals surface area contributed by atoms with Gasteiger partial charge in [-0.15, -0.1) is 0 Å². The molecular formula is C17H25N5O2. The summed E-state index contributed by atoms with van der Waals surface area (Å²) in [6.45, 7) is 10.3. The SMILES string of the molecule is CC(C)n1ncc2cc(C(=O)N[C@H](C)CN3CCOCC3)cnc21. The van der Waals surface area contributed by atoms with Gasteiger partial charge in [-0.05, 0) is 26.8 Å². The summed E-state index contributed by atoms with van der Waals surface area (Å²) in [5, 5.41) is 8.27. The number of hydrogen-bond acceptors (Lipinski definition) is 5. The van der Waals surface area contributed by atoms with E-state index >= 15 is 0 Å². The maximum absolute atomic E-state index is 12.5. The van der Waals surface area contributed by atoms with Crippen molar-refractivity contribution in [3.05, 3.63) is 24.0 Å². The van der Waals surface area contributed by atoms with Crippen molar-refractivity contribution in [2.75, 3.05) is 32.8 Å². The third-order valence-electron chi connectivity index (χ3n) is 4.20. The zero-order valence-electron chi connectivity index (χ0n) is 14.5. The van der Waals surface area contributed by atoms with E-state index in [-0.39, 0.29) is 18.0 Å². The summed E-state index contributed by atoms with van der Waals surface area (Å²) in [7, 11) is 0. The topological polar surface area (TPSA) is 72.3 Å². The summed E-state index contributed by atoms with van der Waals surface area (Å²) in [4.78, 5) is 19.2. The number of rotatable bonds is 5. The predicted molar refractivity (Wildman–Crippen MR) is 92.1 cm³/mol. The molecule has 0 aliphatic carbocycles. The van der Waals surface area contributed by atoms with E-state index in [0.29, 0.717) is 5.56 Å². The van der Waals surface area contributed by atoms with Gasteiger partial charge < -0.3 is 10.1 Å². The number of carbonyl (C=O) groups is 1. The van der Waals surface area contributed by atoms with Crippen molar-refractivity contribution in [3.63, 3.8) is 0 Å². The maximum atomic E-state index is 12.5. The van der Waals surface area contributed by atoms with E-state index in [1.807, 2.05) is 17.7 Å². The van der Waals surface area contributed by atoms with Gasteiger partial charge >= 0.3 is 0 Å². The highest BCUT2D eigenvalue weighted by Gasteiger charge is 2.17. The van der Waals surface area contributed by atoms with Gasteiger partial charge in [0.25, 0.3) is 5.91 Å². The first-order valence-corrected chi connectivity index (χ1v) is 8.49. The smallest absolute Gasteiger partial charge is 0.253 e. The Labute approximate surface area is 142 Å². The Morgan fingerprint density at radius 3 is 2.75 bits per heavy atom. The molecular weight excluding hydrogens is 306 g/mol. The second-order valence-corrected chi connectivity index (χ2v) is 6.61. The summed E-state index contributed by atoms with van der Waals surface area (Å²) in [5.74, 6) is -0.0949. The average Bonchev–Trinajstić information content (AvgIpc) is 2.98. The molecule has 0 radical (unpaired) electrons. The van der Waals surface area contributed by atoms with Gasteiger partial charge in [-0.3, -0.25) is 9.69 Å². The molecule has 3 rings (SSSR count). The van der Waals surface area contributed by atoms with Crippen LogP contribution in [0.15, 0.2) is 18.5 Å². The molecule has 0 saturated carbocycles. The lowest BCUT2D eigenvalue weighted by atomic mass is 10.2. The van der Waals surface area contributed by atoms with Crippen LogP contribution in [0.25, 0.3) is 11.0 Å². The van der Waals surface area contributed by atoms with Crippen LogP contribution in [-0.4, -0.2) is 64.5 Å². The van der Waals surface area contributed by atoms with E-state index in [4.69, 9.17) is 4.74 Å². The molecule has 1 fully saturated rings. The standard InChI is InChI=1S/C17H25N5O2/c1-12(2)22-16-14(10-19-22)8-15(9-18-16)17(23)20-13(3)11-21-4-6-24-7-5-21/h8-10,12-13H,4-7,11H2,1-3H3,(H,20,23)/t13-/m1/s1. The van der Waals surface area contributed by atoms with Crippen LogP contribution in [0.5, 0.6) is 0 Å². The summed E-state index contributed by atoms with van der Waals surface area (Å²) in [5.41, 5.74) is 1.38. The van der Waals surface area contributed by atoms with Crippen LogP contribution in [0.4, 0.5) is 0 Å². The van der Waals surface area contributed by atoms with E-state index in [1.165, 1.54) is 0 Å². The number of morpholine rings is 1. The molecule has 3 heterocycles. The van der Waals surface area contributed by atoms with E-state index < -0.39 is 0 Å². The molecule has 0 aromatic carbocycles. The molecule has 2 aromatic rings. The monoisotopic (exact) mass is 331 g/mol. The second kappa shape index (κ2) is 7.27. The number of aromatic nitrogens is 3. The Morgan fingerprint density at radius 1 is 1.29 bits per heavy atom. The number of ether oxygens (including phenoxy) is 1. The molecule has 0 bridgehead atoms. The first kappa shape index (κ1) is 16.9. The Kier molecular flexibility index (Phi) is 5.11. The summed E-state index contributed by atoms with van der Waals surface area (Å²) in [6, 6.07) is 2.17. The Hall–Kier alpha value is -1.99. The van der Waals surface area contributed by atoms with Gasteiger partial charge in [0, 0.05) is 43.3 Å². The Balaban J connectivity index is 1.65. The molecule has 1 N–H and O–H groups in total. The highest BCUT2D eigenvalue weighted by Crippen LogP contribution is 2.16. The third-order valence-corrected chi connectivity index (χ3v) is 4.20. The van der Waals surface area contributed by atoms with Crippen molar-refractivity contribution < 1.29 is 9.53 Å². The van der Waals surface area contributed by atoms with Crippen molar-refractivity contribution in [2.24, 2.45) is 0 Å². The number of amides is 1. The predicted octanol–water partition coefficient (Wildman–Crippen LogP) is 1.46. The molecule has 1 amide bonds. The third kappa shape index (κ3) is 3.73. The van der Waals surface area contributed by atoms with Crippen molar-refractivity contribution in [1.29, 1.82) is 0 Å². The summed E-state index contributed by atoms with van der Waals surface area (Å²) in [6.07, 6.45) is 3.38. The molecule has 1 aliphatic rings. The van der Waals surface area contributed by atoms with Gasteiger partial charge in [-0.1, -0.05) is 0 Å². The normalized spacial score (nSPS) is 17.3. The van der Waals surface area contributed by atoms with Gasteiger partial charge in [0.15, 0.2) is 5.65 Å². The van der Waals surface area contributed by atoms with Crippen LogP contribution in [-0.2, 0) is 4.74 Å². The van der Waals surface area contributed by atoms with E-state index in [1.54, 1.807) is 12.4 Å². The van der Waals surface area contributed by atoms with Gasteiger partial charge in [0.1, 0.15) is 0 Å². The fourth-order valence-electron chi connectivity index (χ4n) is 2.97. The molecule has 24 heavy (non-hydrogen) atoms. The number of fused-ring (bicyclic) bond motifs is 1. The molecule has 0 spiro atoms. The minimum Gasteiger partial charge on any atom is -0.379 e. The summed E-state index contributed by atoms with van der Waals surface area (Å²) >= 11 is 0. The van der Waals surface area contributed by atoms with Gasteiger partial charge in [-0.2, -0.15) is 5.10 Å². The van der Waals surface area contributed by atoms with E-state index in [0.717, 1.165) is 43.9 Å². The molecule has 130 valence electrons. The number of pyridine rings is 1. The Bertz CT molecular complexity index is 706. The zero-order chi connectivity index (χ0) is 17.1. The van der Waals surface area contributed by atoms with Gasteiger partial charge in [0.2, 0.25) is 0 Å². The zero-order valence-corrected chi connectivity index (χ0v) is 14.5. The molecule has 1 saturated heterocycles. The molecule has 1 aliphatic heterocycles. The first-order valence-electron chi connectivity index (χ1n) is 8.49. The molecule has 7 heteroatoms. The molecule has 0 unspecified atom stereocenters. The van der Waals surface area contributed by atoms with Crippen molar-refractivity contribution >= 4 is 16.9 Å². The molecule has 1 atom stereocenters. The highest BCUT2D eigenvalue weighted by molar-refractivity contribution is 5.96. The number of carbonyl (C=O) groups excluding carboxylic acids is 1. The number of hydrogen-bond donors (Lipinski definition) is 1. The van der Waals surface area contributed by atoms with E-state index in [2.05, 4.69) is 34.1 Å². The van der Waals surface area contributed by atoms with Crippen molar-refractivity contribution in [3.8, 4) is 0 Å². The lowest BCUT2D eigenvalue weighted by Crippen LogP contribution is -2.46. The van der Waals surface area contributed by atoms with Gasteiger partial charge in [0.05, 0.1) is 25.0 Å². The number of nitrogens with zero attached hydrogens (tertiary/aromatic N) is 4. The van der Waals surface area contributed by atoms with Gasteiger partial charge in [-0.25, -0.2) is 9.67 Å². The minimum atomic E-state index is -0.0949. The molecule has 2 aromatic heterocycles. The molecule has 7 nitrogen and oxygen atoms in total. The first-order chi connectivity index (χ1) is 11.5. The summed E-state index contributed by atoms with van der Waals surface area (Å²) < 4.78 is 7.21. The van der Waals surface area contributed by atoms with E-state index in [9.17, 15) is 4.79 Å². The second-order valence-electron chi connectivity index (χ2n) is 6.61. The largest absolute Gasteiger partial charge is 0.379 e. The Morgan fingerprint density at radius 2 is 2.04 bits per heavy atom. The van der Waals surface area contributed by atoms with Crippen LogP contribution < -0.4 is 5.32 Å². The maximum Gasteiger partial charge on any atom is 0.253 e. The fraction of sp³-hybridized carbons (Fsp3) is 0.588. The number of nitrogens with one attached hydrogen (secondary N) is 1. The van der Waals surface area contributed by atoms with Crippen molar-refractivity contribution in [2.45, 2.75) is 32.9 Å². The van der Waals surface area contributed by atoms with Crippen LogP contribution in [0.2, 0.25) is 0 Å². The fourth-order valence-corrected chi connectivity index (χ4v) is 2.97. The van der Waals surface area contributed by atoms with Crippen LogP contribution in [0, 0.1) is 0 Å². The van der Waals surface area contributed by atoms with Crippen LogP contribution in [0.1, 0.15) is 37.2 Å². The highest BCUT2D eigenvalue weighted by atomic mass is 16.5. The quantitative estimate of drug-likeness (QED) is 0.898.